The number of fused-ring (bicyclic) bond motifs is 3. The SMILES string of the molecule is Cn1c2ccc(N)cc2n2c(-c3cccs3)nnc12. The normalized spacial score (nSPS) is 11.6. The summed E-state index contributed by atoms with van der Waals surface area (Å²) in [7, 11) is 1.99. The van der Waals surface area contributed by atoms with Gasteiger partial charge in [0.25, 0.3) is 0 Å². The zero-order chi connectivity index (χ0) is 13.0. The van der Waals surface area contributed by atoms with Gasteiger partial charge >= 0.3 is 0 Å². The molecule has 0 bridgehead atoms. The molecule has 0 aliphatic heterocycles. The maximum atomic E-state index is 5.90. The van der Waals surface area contributed by atoms with Crippen LogP contribution in [0.2, 0.25) is 0 Å². The Balaban J connectivity index is 2.20. The van der Waals surface area contributed by atoms with E-state index in [4.69, 9.17) is 5.73 Å². The van der Waals surface area contributed by atoms with Gasteiger partial charge in [-0.05, 0) is 29.6 Å². The quantitative estimate of drug-likeness (QED) is 0.540. The zero-order valence-electron chi connectivity index (χ0n) is 10.2. The van der Waals surface area contributed by atoms with Gasteiger partial charge in [-0.15, -0.1) is 21.5 Å². The van der Waals surface area contributed by atoms with Crippen molar-refractivity contribution >= 4 is 33.8 Å². The molecule has 1 aromatic carbocycles. The minimum absolute atomic E-state index is 0.742. The second kappa shape index (κ2) is 3.58. The number of nitrogens with zero attached hydrogens (tertiary/aromatic N) is 4. The Labute approximate surface area is 112 Å². The molecule has 0 aliphatic carbocycles. The van der Waals surface area contributed by atoms with E-state index in [-0.39, 0.29) is 0 Å². The molecule has 5 nitrogen and oxygen atoms in total. The van der Waals surface area contributed by atoms with E-state index >= 15 is 0 Å². The van der Waals surface area contributed by atoms with E-state index in [0.717, 1.165) is 33.2 Å². The first-order valence-electron chi connectivity index (χ1n) is 5.88. The van der Waals surface area contributed by atoms with E-state index in [1.165, 1.54) is 0 Å². The zero-order valence-corrected chi connectivity index (χ0v) is 11.1. The summed E-state index contributed by atoms with van der Waals surface area (Å²) < 4.78 is 4.08. The highest BCUT2D eigenvalue weighted by Gasteiger charge is 2.16. The Morgan fingerprint density at radius 1 is 1.16 bits per heavy atom. The second-order valence-electron chi connectivity index (χ2n) is 4.44. The van der Waals surface area contributed by atoms with Gasteiger partial charge < -0.3 is 10.3 Å². The summed E-state index contributed by atoms with van der Waals surface area (Å²) in [5.74, 6) is 1.69. The molecule has 0 saturated carbocycles. The highest BCUT2D eigenvalue weighted by Crippen LogP contribution is 2.28. The fourth-order valence-electron chi connectivity index (χ4n) is 2.39. The molecule has 4 aromatic rings. The molecule has 3 heterocycles. The van der Waals surface area contributed by atoms with Crippen molar-refractivity contribution in [2.45, 2.75) is 0 Å². The van der Waals surface area contributed by atoms with Gasteiger partial charge in [-0.25, -0.2) is 0 Å². The summed E-state index contributed by atoms with van der Waals surface area (Å²) in [5, 5.41) is 10.6. The van der Waals surface area contributed by atoms with Crippen LogP contribution in [0.15, 0.2) is 35.7 Å². The van der Waals surface area contributed by atoms with Crippen LogP contribution in [0.4, 0.5) is 5.69 Å². The summed E-state index contributed by atoms with van der Waals surface area (Å²) >= 11 is 1.65. The lowest BCUT2D eigenvalue weighted by molar-refractivity contribution is 0.954. The highest BCUT2D eigenvalue weighted by atomic mass is 32.1. The number of aryl methyl sites for hydroxylation is 1. The third-order valence-electron chi connectivity index (χ3n) is 3.29. The smallest absolute Gasteiger partial charge is 0.236 e. The van der Waals surface area contributed by atoms with E-state index in [0.29, 0.717) is 0 Å². The average molecular weight is 269 g/mol. The molecule has 0 radical (unpaired) electrons. The maximum Gasteiger partial charge on any atom is 0.236 e. The summed E-state index contributed by atoms with van der Waals surface area (Å²) in [6, 6.07) is 9.94. The molecule has 2 N–H and O–H groups in total. The Kier molecular flexibility index (Phi) is 1.99. The molecule has 0 saturated heterocycles. The van der Waals surface area contributed by atoms with E-state index in [2.05, 4.69) is 14.6 Å². The Hall–Kier alpha value is -2.34. The standard InChI is InChI=1S/C13H11N5S/c1-17-9-5-4-8(14)7-10(9)18-12(15-16-13(17)18)11-3-2-6-19-11/h2-7H,14H2,1H3. The number of nitrogen functional groups attached to an aromatic ring is 1. The predicted molar refractivity (Wildman–Crippen MR) is 77.2 cm³/mol. The number of imidazole rings is 1. The van der Waals surface area contributed by atoms with Crippen LogP contribution in [0.5, 0.6) is 0 Å². The van der Waals surface area contributed by atoms with Crippen molar-refractivity contribution in [3.05, 3.63) is 35.7 Å². The number of benzene rings is 1. The molecule has 0 atom stereocenters. The van der Waals surface area contributed by atoms with Crippen molar-refractivity contribution in [1.82, 2.24) is 19.2 Å². The summed E-state index contributed by atoms with van der Waals surface area (Å²) in [6.45, 7) is 0. The third-order valence-corrected chi connectivity index (χ3v) is 4.16. The van der Waals surface area contributed by atoms with Crippen LogP contribution in [0, 0.1) is 0 Å². The van der Waals surface area contributed by atoms with Gasteiger partial charge in [0.2, 0.25) is 5.78 Å². The topological polar surface area (TPSA) is 61.1 Å². The molecule has 0 amide bonds. The lowest BCUT2D eigenvalue weighted by atomic mass is 10.3. The van der Waals surface area contributed by atoms with Gasteiger partial charge in [-0.1, -0.05) is 6.07 Å². The first-order chi connectivity index (χ1) is 9.25. The monoisotopic (exact) mass is 269 g/mol. The molecular formula is C13H11N5S. The van der Waals surface area contributed by atoms with Crippen molar-refractivity contribution in [1.29, 1.82) is 0 Å². The van der Waals surface area contributed by atoms with Gasteiger partial charge in [0.05, 0.1) is 15.9 Å². The number of hydrogen-bond donors (Lipinski definition) is 1. The van der Waals surface area contributed by atoms with Crippen LogP contribution in [-0.4, -0.2) is 19.2 Å². The summed E-state index contributed by atoms with van der Waals surface area (Å²) in [6.07, 6.45) is 0. The number of hydrogen-bond acceptors (Lipinski definition) is 4. The Morgan fingerprint density at radius 3 is 2.84 bits per heavy atom. The average Bonchev–Trinajstić information content (AvgIpc) is 3.09. The lowest BCUT2D eigenvalue weighted by Gasteiger charge is -1.97. The Bertz CT molecular complexity index is 885. The molecule has 4 rings (SSSR count). The van der Waals surface area contributed by atoms with Crippen LogP contribution < -0.4 is 5.73 Å². The van der Waals surface area contributed by atoms with Gasteiger partial charge in [-0.2, -0.15) is 0 Å². The van der Waals surface area contributed by atoms with Crippen LogP contribution >= 0.6 is 11.3 Å². The van der Waals surface area contributed by atoms with Gasteiger partial charge in [-0.3, -0.25) is 4.40 Å². The molecule has 0 fully saturated rings. The molecule has 3 aromatic heterocycles. The maximum absolute atomic E-state index is 5.90. The molecule has 0 aliphatic rings. The van der Waals surface area contributed by atoms with Crippen molar-refractivity contribution < 1.29 is 0 Å². The molecule has 0 unspecified atom stereocenters. The van der Waals surface area contributed by atoms with E-state index in [9.17, 15) is 0 Å². The highest BCUT2D eigenvalue weighted by molar-refractivity contribution is 7.13. The molecular weight excluding hydrogens is 258 g/mol. The van der Waals surface area contributed by atoms with Crippen LogP contribution in [0.1, 0.15) is 0 Å². The molecule has 19 heavy (non-hydrogen) atoms. The molecule has 94 valence electrons. The second-order valence-corrected chi connectivity index (χ2v) is 5.39. The van der Waals surface area contributed by atoms with Crippen molar-refractivity contribution in [3.8, 4) is 10.7 Å². The van der Waals surface area contributed by atoms with Crippen molar-refractivity contribution in [2.24, 2.45) is 7.05 Å². The number of nitrogens with two attached hydrogens (primary N) is 1. The van der Waals surface area contributed by atoms with Crippen molar-refractivity contribution in [3.63, 3.8) is 0 Å². The lowest BCUT2D eigenvalue weighted by Crippen LogP contribution is -1.89. The fraction of sp³-hybridized carbons (Fsp3) is 0.0769. The van der Waals surface area contributed by atoms with E-state index in [1.807, 2.05) is 47.3 Å². The predicted octanol–water partition coefficient (Wildman–Crippen LogP) is 2.53. The van der Waals surface area contributed by atoms with Crippen LogP contribution in [0.25, 0.3) is 27.5 Å². The van der Waals surface area contributed by atoms with E-state index < -0.39 is 0 Å². The van der Waals surface area contributed by atoms with Gasteiger partial charge in [0.15, 0.2) is 5.82 Å². The number of anilines is 1. The number of thiophene rings is 1. The first-order valence-corrected chi connectivity index (χ1v) is 6.76. The minimum atomic E-state index is 0.742. The van der Waals surface area contributed by atoms with Crippen molar-refractivity contribution in [2.75, 3.05) is 5.73 Å². The first kappa shape index (κ1) is 10.6. The molecule has 0 spiro atoms. The number of aromatic nitrogens is 4. The molecule has 6 heteroatoms. The van der Waals surface area contributed by atoms with Gasteiger partial charge in [0.1, 0.15) is 0 Å². The fourth-order valence-corrected chi connectivity index (χ4v) is 3.09. The minimum Gasteiger partial charge on any atom is -0.399 e. The van der Waals surface area contributed by atoms with Crippen LogP contribution in [0.3, 0.4) is 0 Å². The van der Waals surface area contributed by atoms with E-state index in [1.54, 1.807) is 11.3 Å². The number of rotatable bonds is 1. The van der Waals surface area contributed by atoms with Gasteiger partial charge in [0, 0.05) is 12.7 Å². The summed E-state index contributed by atoms with van der Waals surface area (Å²) in [4.78, 5) is 1.10. The largest absolute Gasteiger partial charge is 0.399 e. The van der Waals surface area contributed by atoms with Crippen LogP contribution in [-0.2, 0) is 7.05 Å². The Morgan fingerprint density at radius 2 is 2.05 bits per heavy atom. The third kappa shape index (κ3) is 1.34. The summed E-state index contributed by atoms with van der Waals surface area (Å²) in [5.41, 5.74) is 8.77.